The quantitative estimate of drug-likeness (QED) is 0.352. The number of carbonyl (C=O) groups excluding carboxylic acids is 2. The van der Waals surface area contributed by atoms with Crippen LogP contribution in [-0.4, -0.2) is 67.0 Å². The van der Waals surface area contributed by atoms with Gasteiger partial charge < -0.3 is 30.5 Å². The zero-order valence-electron chi connectivity index (χ0n) is 21.9. The molecule has 0 bridgehead atoms. The molecule has 1 fully saturated rings. The summed E-state index contributed by atoms with van der Waals surface area (Å²) >= 11 is 0. The van der Waals surface area contributed by atoms with Crippen molar-refractivity contribution in [2.45, 2.75) is 6.18 Å². The number of likely N-dealkylation sites (N-methyl/N-ethyl adjacent to an activating group) is 1. The molecule has 4 rings (SSSR count). The number of nitrogens with zero attached hydrogens (tertiary/aromatic N) is 4. The van der Waals surface area contributed by atoms with Crippen LogP contribution in [0.4, 0.5) is 42.0 Å². The van der Waals surface area contributed by atoms with Crippen LogP contribution in [0.5, 0.6) is 5.75 Å². The van der Waals surface area contributed by atoms with Gasteiger partial charge in [-0.15, -0.1) is 0 Å². The molecule has 1 saturated heterocycles. The topological polar surface area (TPSA) is 112 Å². The molecule has 3 aromatic rings. The van der Waals surface area contributed by atoms with Crippen molar-refractivity contribution in [2.75, 3.05) is 61.2 Å². The molecule has 10 nitrogen and oxygen atoms in total. The molecule has 0 spiro atoms. The third-order valence-corrected chi connectivity index (χ3v) is 6.22. The maximum atomic E-state index is 12.8. The van der Waals surface area contributed by atoms with Gasteiger partial charge in [-0.3, -0.25) is 9.59 Å². The minimum absolute atomic E-state index is 0.0323. The van der Waals surface area contributed by atoms with Crippen LogP contribution in [0.15, 0.2) is 61.3 Å². The Morgan fingerprint density at radius 3 is 2.35 bits per heavy atom. The number of alkyl halides is 3. The van der Waals surface area contributed by atoms with E-state index in [9.17, 15) is 22.8 Å². The molecule has 13 heteroatoms. The fraction of sp³-hybridized carbons (Fsp3) is 0.259. The number of methoxy groups -OCH3 is 1. The van der Waals surface area contributed by atoms with Crippen molar-refractivity contribution in [1.29, 1.82) is 0 Å². The third kappa shape index (κ3) is 6.86. The zero-order chi connectivity index (χ0) is 28.9. The van der Waals surface area contributed by atoms with Gasteiger partial charge in [0, 0.05) is 44.0 Å². The fourth-order valence-electron chi connectivity index (χ4n) is 4.04. The number of hydrogen-bond acceptors (Lipinski definition) is 8. The van der Waals surface area contributed by atoms with E-state index in [4.69, 9.17) is 4.74 Å². The summed E-state index contributed by atoms with van der Waals surface area (Å²) in [5.41, 5.74) is 0.943. The number of anilines is 5. The van der Waals surface area contributed by atoms with Gasteiger partial charge in [-0.1, -0.05) is 6.58 Å². The van der Waals surface area contributed by atoms with Crippen molar-refractivity contribution in [3.05, 3.63) is 72.4 Å². The summed E-state index contributed by atoms with van der Waals surface area (Å²) < 4.78 is 44.1. The van der Waals surface area contributed by atoms with E-state index in [1.807, 2.05) is 13.1 Å². The van der Waals surface area contributed by atoms with E-state index in [0.717, 1.165) is 56.1 Å². The minimum atomic E-state index is -4.50. The SMILES string of the molecule is C=CC(=O)Nc1cc(Nc2nccc(NC(=O)c3ccc(C(F)(F)F)cc3)n2)c(OC)cc1N1CCN(C)CC1. The van der Waals surface area contributed by atoms with Gasteiger partial charge in [-0.05, 0) is 49.5 Å². The molecule has 3 N–H and O–H groups in total. The Balaban J connectivity index is 1.56. The Morgan fingerprint density at radius 2 is 1.73 bits per heavy atom. The highest BCUT2D eigenvalue weighted by Gasteiger charge is 2.30. The Labute approximate surface area is 228 Å². The van der Waals surface area contributed by atoms with Gasteiger partial charge in [0.25, 0.3) is 5.91 Å². The fourth-order valence-corrected chi connectivity index (χ4v) is 4.04. The summed E-state index contributed by atoms with van der Waals surface area (Å²) in [6.45, 7) is 6.75. The highest BCUT2D eigenvalue weighted by Crippen LogP contribution is 2.38. The number of aromatic nitrogens is 2. The lowest BCUT2D eigenvalue weighted by Gasteiger charge is -2.35. The summed E-state index contributed by atoms with van der Waals surface area (Å²) in [6, 6.07) is 8.80. The largest absolute Gasteiger partial charge is 0.494 e. The molecule has 2 aromatic carbocycles. The zero-order valence-corrected chi connectivity index (χ0v) is 21.9. The molecule has 210 valence electrons. The van der Waals surface area contributed by atoms with E-state index in [2.05, 4.69) is 42.3 Å². The molecule has 0 radical (unpaired) electrons. The minimum Gasteiger partial charge on any atom is -0.494 e. The molecule has 2 amide bonds. The smallest absolute Gasteiger partial charge is 0.416 e. The van der Waals surface area contributed by atoms with Crippen LogP contribution in [-0.2, 0) is 11.0 Å². The van der Waals surface area contributed by atoms with Gasteiger partial charge in [-0.25, -0.2) is 4.98 Å². The van der Waals surface area contributed by atoms with E-state index < -0.39 is 17.6 Å². The van der Waals surface area contributed by atoms with Crippen LogP contribution in [0.25, 0.3) is 0 Å². The number of piperazine rings is 1. The van der Waals surface area contributed by atoms with Gasteiger partial charge in [0.05, 0.1) is 29.7 Å². The van der Waals surface area contributed by atoms with Crippen molar-refractivity contribution in [1.82, 2.24) is 14.9 Å². The molecule has 1 aliphatic heterocycles. The highest BCUT2D eigenvalue weighted by atomic mass is 19.4. The van der Waals surface area contributed by atoms with E-state index in [1.165, 1.54) is 25.4 Å². The first kappa shape index (κ1) is 28.4. The number of amides is 2. The van der Waals surface area contributed by atoms with Crippen LogP contribution in [0.3, 0.4) is 0 Å². The number of halogens is 3. The molecule has 0 saturated carbocycles. The molecular formula is C27H28F3N7O3. The van der Waals surface area contributed by atoms with Crippen molar-refractivity contribution < 1.29 is 27.5 Å². The van der Waals surface area contributed by atoms with Gasteiger partial charge in [0.1, 0.15) is 11.6 Å². The molecule has 2 heterocycles. The molecule has 0 atom stereocenters. The van der Waals surface area contributed by atoms with Crippen molar-refractivity contribution in [2.24, 2.45) is 0 Å². The average molecular weight is 556 g/mol. The maximum Gasteiger partial charge on any atom is 0.416 e. The van der Waals surface area contributed by atoms with E-state index in [0.29, 0.717) is 17.1 Å². The van der Waals surface area contributed by atoms with Crippen LogP contribution in [0.1, 0.15) is 15.9 Å². The Bertz CT molecular complexity index is 1390. The van der Waals surface area contributed by atoms with E-state index >= 15 is 0 Å². The van der Waals surface area contributed by atoms with Gasteiger partial charge in [0.2, 0.25) is 11.9 Å². The number of nitrogens with one attached hydrogen (secondary N) is 3. The molecule has 0 aliphatic carbocycles. The van der Waals surface area contributed by atoms with Gasteiger partial charge in [-0.2, -0.15) is 18.2 Å². The standard InChI is InChI=1S/C27H28F3N7O3/c1-4-24(38)32-19-15-20(22(40-3)16-21(19)37-13-11-36(2)12-14-37)33-26-31-10-9-23(35-26)34-25(39)17-5-7-18(8-6-17)27(28,29)30/h4-10,15-16H,1,11-14H2,2-3H3,(H,32,38)(H2,31,33,34,35,39). The van der Waals surface area contributed by atoms with E-state index in [1.54, 1.807) is 6.07 Å². The molecule has 40 heavy (non-hydrogen) atoms. The number of benzene rings is 2. The van der Waals surface area contributed by atoms with Crippen molar-refractivity contribution >= 4 is 40.6 Å². The van der Waals surface area contributed by atoms with Crippen molar-refractivity contribution in [3.8, 4) is 5.75 Å². The second-order valence-corrected chi connectivity index (χ2v) is 8.97. The number of rotatable bonds is 8. The van der Waals surface area contributed by atoms with Gasteiger partial charge >= 0.3 is 6.18 Å². The first-order valence-electron chi connectivity index (χ1n) is 12.2. The summed E-state index contributed by atoms with van der Waals surface area (Å²) in [4.78, 5) is 37.6. The number of hydrogen-bond donors (Lipinski definition) is 3. The van der Waals surface area contributed by atoms with Gasteiger partial charge in [0.15, 0.2) is 0 Å². The van der Waals surface area contributed by atoms with Crippen molar-refractivity contribution in [3.63, 3.8) is 0 Å². The predicted molar refractivity (Wildman–Crippen MR) is 146 cm³/mol. The Hall–Kier alpha value is -4.65. The molecule has 1 aromatic heterocycles. The lowest BCUT2D eigenvalue weighted by molar-refractivity contribution is -0.137. The number of ether oxygens (including phenoxy) is 1. The second kappa shape index (κ2) is 12.0. The monoisotopic (exact) mass is 555 g/mol. The van der Waals surface area contributed by atoms with Crippen LogP contribution >= 0.6 is 0 Å². The molecular weight excluding hydrogens is 527 g/mol. The normalized spacial score (nSPS) is 13.9. The Kier molecular flexibility index (Phi) is 8.53. The first-order chi connectivity index (χ1) is 19.1. The third-order valence-electron chi connectivity index (χ3n) is 6.22. The maximum absolute atomic E-state index is 12.8. The highest BCUT2D eigenvalue weighted by molar-refractivity contribution is 6.04. The molecule has 0 unspecified atom stereocenters. The van der Waals surface area contributed by atoms with Crippen LogP contribution in [0.2, 0.25) is 0 Å². The average Bonchev–Trinajstić information content (AvgIpc) is 2.93. The Morgan fingerprint density at radius 1 is 1.02 bits per heavy atom. The van der Waals surface area contributed by atoms with E-state index in [-0.39, 0.29) is 23.2 Å². The summed E-state index contributed by atoms with van der Waals surface area (Å²) in [7, 11) is 3.56. The lowest BCUT2D eigenvalue weighted by Crippen LogP contribution is -2.44. The lowest BCUT2D eigenvalue weighted by atomic mass is 10.1. The number of carbonyl (C=O) groups is 2. The predicted octanol–water partition coefficient (Wildman–Crippen LogP) is 4.38. The summed E-state index contributed by atoms with van der Waals surface area (Å²) in [5.74, 6) is -0.321. The van der Waals surface area contributed by atoms with Crippen LogP contribution < -0.4 is 25.6 Å². The van der Waals surface area contributed by atoms with Crippen LogP contribution in [0, 0.1) is 0 Å². The summed E-state index contributed by atoms with van der Waals surface area (Å²) in [6.07, 6.45) is -1.92. The summed E-state index contributed by atoms with van der Waals surface area (Å²) in [5, 5.41) is 8.43. The molecule has 1 aliphatic rings. The second-order valence-electron chi connectivity index (χ2n) is 8.97. The first-order valence-corrected chi connectivity index (χ1v) is 12.2.